The summed E-state index contributed by atoms with van der Waals surface area (Å²) in [7, 11) is 1.64. The highest BCUT2D eigenvalue weighted by atomic mass is 35.5. The first-order chi connectivity index (χ1) is 9.69. The molecule has 118 valence electrons. The Labute approximate surface area is 132 Å². The van der Waals surface area contributed by atoms with E-state index in [1.807, 2.05) is 24.3 Å². The molecule has 0 bridgehead atoms. The van der Waals surface area contributed by atoms with Crippen molar-refractivity contribution in [2.24, 2.45) is 11.7 Å². The standard InChI is InChI=1S/C16H24N2O2.ClH/c1-20-14-7-4-5-12(9-14)11-18-16(19)10-13-6-2-3-8-15(13)17;/h4-5,7,9,13,15H,2-3,6,8,10-11,17H2,1H3,(H,18,19);1H. The average Bonchev–Trinajstić information content (AvgIpc) is 2.48. The Morgan fingerprint density at radius 3 is 2.86 bits per heavy atom. The van der Waals surface area contributed by atoms with Gasteiger partial charge in [0.25, 0.3) is 0 Å². The molecule has 0 spiro atoms. The summed E-state index contributed by atoms with van der Waals surface area (Å²) in [5.74, 6) is 1.25. The number of ether oxygens (including phenoxy) is 1. The van der Waals surface area contributed by atoms with Crippen LogP contribution in [-0.4, -0.2) is 19.1 Å². The van der Waals surface area contributed by atoms with Crippen molar-refractivity contribution < 1.29 is 9.53 Å². The Morgan fingerprint density at radius 2 is 2.14 bits per heavy atom. The SMILES string of the molecule is COc1cccc(CNC(=O)CC2CCCCC2N)c1.Cl. The van der Waals surface area contributed by atoms with E-state index in [4.69, 9.17) is 10.5 Å². The summed E-state index contributed by atoms with van der Waals surface area (Å²) in [5.41, 5.74) is 7.12. The Hall–Kier alpha value is -1.26. The predicted molar refractivity (Wildman–Crippen MR) is 86.6 cm³/mol. The van der Waals surface area contributed by atoms with E-state index in [1.165, 1.54) is 12.8 Å². The first-order valence-electron chi connectivity index (χ1n) is 7.34. The minimum atomic E-state index is 0. The van der Waals surface area contributed by atoms with Gasteiger partial charge in [0.15, 0.2) is 0 Å². The summed E-state index contributed by atoms with van der Waals surface area (Å²) in [6.45, 7) is 0.540. The van der Waals surface area contributed by atoms with Gasteiger partial charge in [-0.3, -0.25) is 4.79 Å². The molecule has 2 unspecified atom stereocenters. The number of methoxy groups -OCH3 is 1. The largest absolute Gasteiger partial charge is 0.497 e. The smallest absolute Gasteiger partial charge is 0.220 e. The van der Waals surface area contributed by atoms with E-state index in [0.717, 1.165) is 24.2 Å². The molecule has 0 saturated heterocycles. The van der Waals surface area contributed by atoms with Crippen molar-refractivity contribution in [2.75, 3.05) is 7.11 Å². The summed E-state index contributed by atoms with van der Waals surface area (Å²) in [6.07, 6.45) is 5.07. The second-order valence-corrected chi connectivity index (χ2v) is 5.54. The molecule has 1 amide bonds. The van der Waals surface area contributed by atoms with Gasteiger partial charge < -0.3 is 15.8 Å². The molecule has 3 N–H and O–H groups in total. The highest BCUT2D eigenvalue weighted by molar-refractivity contribution is 5.85. The van der Waals surface area contributed by atoms with E-state index in [2.05, 4.69) is 5.32 Å². The summed E-state index contributed by atoms with van der Waals surface area (Å²) < 4.78 is 5.17. The molecule has 1 aliphatic rings. The number of hydrogen-bond acceptors (Lipinski definition) is 3. The van der Waals surface area contributed by atoms with E-state index >= 15 is 0 Å². The van der Waals surface area contributed by atoms with E-state index in [0.29, 0.717) is 18.9 Å². The number of carbonyl (C=O) groups excluding carboxylic acids is 1. The number of amides is 1. The van der Waals surface area contributed by atoms with Gasteiger partial charge in [-0.05, 0) is 36.5 Å². The molecule has 1 saturated carbocycles. The van der Waals surface area contributed by atoms with Crippen molar-refractivity contribution in [1.29, 1.82) is 0 Å². The molecule has 4 nitrogen and oxygen atoms in total. The van der Waals surface area contributed by atoms with Crippen molar-refractivity contribution in [1.82, 2.24) is 5.32 Å². The van der Waals surface area contributed by atoms with Crippen molar-refractivity contribution >= 4 is 18.3 Å². The van der Waals surface area contributed by atoms with E-state index < -0.39 is 0 Å². The summed E-state index contributed by atoms with van der Waals surface area (Å²) in [5, 5.41) is 2.97. The van der Waals surface area contributed by atoms with Gasteiger partial charge in [0, 0.05) is 19.0 Å². The van der Waals surface area contributed by atoms with Gasteiger partial charge in [0.05, 0.1) is 7.11 Å². The molecule has 0 heterocycles. The fraction of sp³-hybridized carbons (Fsp3) is 0.562. The van der Waals surface area contributed by atoms with Gasteiger partial charge in [-0.2, -0.15) is 0 Å². The Morgan fingerprint density at radius 1 is 1.38 bits per heavy atom. The van der Waals surface area contributed by atoms with Crippen LogP contribution in [0.1, 0.15) is 37.7 Å². The predicted octanol–water partition coefficient (Wildman–Crippen LogP) is 2.64. The van der Waals surface area contributed by atoms with Crippen LogP contribution in [0.25, 0.3) is 0 Å². The molecular formula is C16H25ClN2O2. The fourth-order valence-electron chi connectivity index (χ4n) is 2.78. The molecule has 0 aliphatic heterocycles. The molecule has 0 radical (unpaired) electrons. The monoisotopic (exact) mass is 312 g/mol. The lowest BCUT2D eigenvalue weighted by molar-refractivity contribution is -0.122. The van der Waals surface area contributed by atoms with Crippen molar-refractivity contribution in [3.63, 3.8) is 0 Å². The molecule has 2 rings (SSSR count). The molecule has 0 aromatic heterocycles. The number of rotatable bonds is 5. The maximum absolute atomic E-state index is 12.0. The third-order valence-corrected chi connectivity index (χ3v) is 4.04. The topological polar surface area (TPSA) is 64.3 Å². The number of nitrogens with two attached hydrogens (primary N) is 1. The lowest BCUT2D eigenvalue weighted by Crippen LogP contribution is -2.36. The highest BCUT2D eigenvalue weighted by Crippen LogP contribution is 2.25. The molecule has 1 fully saturated rings. The Kier molecular flexibility index (Phi) is 7.54. The number of benzene rings is 1. The van der Waals surface area contributed by atoms with Crippen molar-refractivity contribution in [3.05, 3.63) is 29.8 Å². The zero-order valence-corrected chi connectivity index (χ0v) is 13.3. The molecule has 21 heavy (non-hydrogen) atoms. The van der Waals surface area contributed by atoms with Crippen LogP contribution in [0.15, 0.2) is 24.3 Å². The van der Waals surface area contributed by atoms with E-state index in [-0.39, 0.29) is 24.4 Å². The van der Waals surface area contributed by atoms with E-state index in [1.54, 1.807) is 7.11 Å². The summed E-state index contributed by atoms with van der Waals surface area (Å²) in [4.78, 5) is 12.0. The van der Waals surface area contributed by atoms with Gasteiger partial charge >= 0.3 is 0 Å². The molecular weight excluding hydrogens is 288 g/mol. The van der Waals surface area contributed by atoms with Crippen LogP contribution in [0.3, 0.4) is 0 Å². The minimum Gasteiger partial charge on any atom is -0.497 e. The van der Waals surface area contributed by atoms with Gasteiger partial charge in [-0.25, -0.2) is 0 Å². The number of hydrogen-bond donors (Lipinski definition) is 2. The van der Waals surface area contributed by atoms with Crippen LogP contribution in [0, 0.1) is 5.92 Å². The number of carbonyl (C=O) groups is 1. The van der Waals surface area contributed by atoms with Gasteiger partial charge in [-0.1, -0.05) is 25.0 Å². The summed E-state index contributed by atoms with van der Waals surface area (Å²) >= 11 is 0. The second kappa shape index (κ2) is 8.90. The first-order valence-corrected chi connectivity index (χ1v) is 7.34. The zero-order chi connectivity index (χ0) is 14.4. The van der Waals surface area contributed by atoms with Crippen LogP contribution in [0.5, 0.6) is 5.75 Å². The number of nitrogens with one attached hydrogen (secondary N) is 1. The second-order valence-electron chi connectivity index (χ2n) is 5.54. The highest BCUT2D eigenvalue weighted by Gasteiger charge is 2.23. The van der Waals surface area contributed by atoms with E-state index in [9.17, 15) is 4.79 Å². The lowest BCUT2D eigenvalue weighted by Gasteiger charge is -2.27. The lowest BCUT2D eigenvalue weighted by atomic mass is 9.83. The third kappa shape index (κ3) is 5.56. The van der Waals surface area contributed by atoms with Crippen LogP contribution in [-0.2, 0) is 11.3 Å². The van der Waals surface area contributed by atoms with Crippen LogP contribution in [0.2, 0.25) is 0 Å². The minimum absolute atomic E-state index is 0. The number of halogens is 1. The van der Waals surface area contributed by atoms with Crippen molar-refractivity contribution in [3.8, 4) is 5.75 Å². The van der Waals surface area contributed by atoms with Crippen LogP contribution < -0.4 is 15.8 Å². The Balaban J connectivity index is 0.00000220. The first kappa shape index (κ1) is 17.8. The van der Waals surface area contributed by atoms with Gasteiger partial charge in [0.2, 0.25) is 5.91 Å². The molecule has 2 atom stereocenters. The van der Waals surface area contributed by atoms with Crippen molar-refractivity contribution in [2.45, 2.75) is 44.7 Å². The average molecular weight is 313 g/mol. The van der Waals surface area contributed by atoms with Crippen LogP contribution >= 0.6 is 12.4 Å². The molecule has 5 heteroatoms. The molecule has 1 aliphatic carbocycles. The maximum atomic E-state index is 12.0. The maximum Gasteiger partial charge on any atom is 0.220 e. The molecule has 1 aromatic carbocycles. The normalized spacial score (nSPS) is 21.2. The molecule has 1 aromatic rings. The van der Waals surface area contributed by atoms with Crippen LogP contribution in [0.4, 0.5) is 0 Å². The Bertz CT molecular complexity index is 454. The van der Waals surface area contributed by atoms with Gasteiger partial charge in [0.1, 0.15) is 5.75 Å². The third-order valence-electron chi connectivity index (χ3n) is 4.04. The quantitative estimate of drug-likeness (QED) is 0.878. The van der Waals surface area contributed by atoms with Gasteiger partial charge in [-0.15, -0.1) is 12.4 Å². The summed E-state index contributed by atoms with van der Waals surface area (Å²) in [6, 6.07) is 7.93. The fourth-order valence-corrected chi connectivity index (χ4v) is 2.78. The zero-order valence-electron chi connectivity index (χ0n) is 12.5.